The molecule has 0 bridgehead atoms. The van der Waals surface area contributed by atoms with Crippen LogP contribution in [0.15, 0.2) is 0 Å². The summed E-state index contributed by atoms with van der Waals surface area (Å²) in [4.78, 5) is 10.8. The Morgan fingerprint density at radius 2 is 1.62 bits per heavy atom. The van der Waals surface area contributed by atoms with Crippen LogP contribution in [0, 0.1) is 0 Å². The van der Waals surface area contributed by atoms with Gasteiger partial charge in [0.1, 0.15) is 12.2 Å². The highest BCUT2D eigenvalue weighted by Crippen LogP contribution is 2.63. The average Bonchev–Trinajstić information content (AvgIpc) is 2.79. The van der Waals surface area contributed by atoms with E-state index in [1.807, 2.05) is 0 Å². The standard InChI is InChI=1S/C6H9O9P/c7-1-2(8)4(10)6(12,15-4)5(11,3(1)9)16(13)14/h1-3,7-12H/t1-,2-,3-,4-,5-,6+/m1/s1. The first kappa shape index (κ1) is 12.2. The van der Waals surface area contributed by atoms with Crippen molar-refractivity contribution < 1.29 is 44.8 Å². The highest BCUT2D eigenvalue weighted by Gasteiger charge is 2.94. The van der Waals surface area contributed by atoms with Crippen LogP contribution in [0.25, 0.3) is 0 Å². The van der Waals surface area contributed by atoms with E-state index in [4.69, 9.17) is 0 Å². The molecule has 0 aromatic carbocycles. The van der Waals surface area contributed by atoms with Gasteiger partial charge in [-0.2, -0.15) is 0 Å². The maximum atomic E-state index is 10.8. The molecule has 92 valence electrons. The molecule has 16 heavy (non-hydrogen) atoms. The van der Waals surface area contributed by atoms with Gasteiger partial charge in [0, 0.05) is 0 Å². The van der Waals surface area contributed by atoms with Gasteiger partial charge in [-0.15, -0.1) is 0 Å². The third-order valence-electron chi connectivity index (χ3n) is 2.98. The first-order valence-electron chi connectivity index (χ1n) is 4.19. The van der Waals surface area contributed by atoms with Crippen LogP contribution in [0.4, 0.5) is 0 Å². The number of rotatable bonds is 1. The van der Waals surface area contributed by atoms with Crippen LogP contribution in [-0.4, -0.2) is 65.9 Å². The molecule has 1 aliphatic carbocycles. The number of ether oxygens (including phenoxy) is 1. The molecule has 10 heteroatoms. The quantitative estimate of drug-likeness (QED) is 0.199. The smallest absolute Gasteiger partial charge is 0.353 e. The van der Waals surface area contributed by atoms with Crippen molar-refractivity contribution in [1.29, 1.82) is 0 Å². The normalized spacial score (nSPS) is 61.4. The van der Waals surface area contributed by atoms with Crippen molar-refractivity contribution in [2.45, 2.75) is 35.2 Å². The van der Waals surface area contributed by atoms with E-state index < -0.39 is 43.3 Å². The molecule has 1 saturated carbocycles. The molecule has 1 aliphatic heterocycles. The molecule has 2 rings (SSSR count). The second-order valence-electron chi connectivity index (χ2n) is 3.81. The highest BCUT2D eigenvalue weighted by molar-refractivity contribution is 7.38. The Bertz CT molecular complexity index is 362. The van der Waals surface area contributed by atoms with Gasteiger partial charge in [-0.3, -0.25) is 4.74 Å². The summed E-state index contributed by atoms with van der Waals surface area (Å²) in [6, 6.07) is 0. The Morgan fingerprint density at radius 1 is 1.12 bits per heavy atom. The second-order valence-corrected chi connectivity index (χ2v) is 5.00. The van der Waals surface area contributed by atoms with Crippen LogP contribution in [0.3, 0.4) is 0 Å². The fourth-order valence-electron chi connectivity index (χ4n) is 1.87. The molecule has 9 nitrogen and oxygen atoms in total. The minimum absolute atomic E-state index is 2.15. The van der Waals surface area contributed by atoms with Crippen LogP contribution in [0.5, 0.6) is 0 Å². The number of aliphatic hydroxyl groups excluding tert-OH is 3. The minimum atomic E-state index is -3.86. The van der Waals surface area contributed by atoms with E-state index in [9.17, 15) is 40.1 Å². The zero-order chi connectivity index (χ0) is 12.5. The number of hydrogen-bond donors (Lipinski definition) is 6. The topological polar surface area (TPSA) is 174 Å². The molecule has 0 aromatic heterocycles. The van der Waals surface area contributed by atoms with Crippen molar-refractivity contribution >= 4 is 8.03 Å². The van der Waals surface area contributed by atoms with Crippen LogP contribution in [0.2, 0.25) is 0 Å². The Kier molecular flexibility index (Phi) is 2.27. The zero-order valence-electron chi connectivity index (χ0n) is 7.59. The average molecular weight is 256 g/mol. The van der Waals surface area contributed by atoms with E-state index in [1.165, 1.54) is 0 Å². The molecular weight excluding hydrogens is 247 g/mol. The summed E-state index contributed by atoms with van der Waals surface area (Å²) in [5.74, 6) is -5.89. The van der Waals surface area contributed by atoms with Gasteiger partial charge in [0.25, 0.3) is 5.79 Å². The van der Waals surface area contributed by atoms with E-state index in [1.54, 1.807) is 0 Å². The van der Waals surface area contributed by atoms with Crippen LogP contribution < -0.4 is 4.89 Å². The van der Waals surface area contributed by atoms with Crippen molar-refractivity contribution in [3.8, 4) is 0 Å². The summed E-state index contributed by atoms with van der Waals surface area (Å²) in [6.45, 7) is 0. The van der Waals surface area contributed by atoms with Crippen molar-refractivity contribution in [2.24, 2.45) is 0 Å². The lowest BCUT2D eigenvalue weighted by atomic mass is 9.84. The van der Waals surface area contributed by atoms with E-state index in [-0.39, 0.29) is 0 Å². The summed E-state index contributed by atoms with van der Waals surface area (Å²) in [6.07, 6.45) is -6.76. The number of aliphatic hydroxyl groups is 6. The highest BCUT2D eigenvalue weighted by atomic mass is 31.1. The predicted molar refractivity (Wildman–Crippen MR) is 41.6 cm³/mol. The summed E-state index contributed by atoms with van der Waals surface area (Å²) in [5, 5.41) is 53.0. The van der Waals surface area contributed by atoms with E-state index in [2.05, 4.69) is 4.74 Å². The molecule has 1 saturated heterocycles. The Balaban J connectivity index is 2.52. The summed E-state index contributed by atoms with van der Waals surface area (Å²) >= 11 is 0. The molecule has 0 aromatic rings. The van der Waals surface area contributed by atoms with Crippen molar-refractivity contribution in [1.82, 2.24) is 0 Å². The molecule has 0 spiro atoms. The minimum Gasteiger partial charge on any atom is -0.593 e. The van der Waals surface area contributed by atoms with Gasteiger partial charge in [0.2, 0.25) is 0 Å². The monoisotopic (exact) mass is 256 g/mol. The van der Waals surface area contributed by atoms with Gasteiger partial charge in [0.05, 0.1) is 0 Å². The Hall–Kier alpha value is -0.220. The largest absolute Gasteiger partial charge is 0.593 e. The van der Waals surface area contributed by atoms with Crippen molar-refractivity contribution in [3.05, 3.63) is 0 Å². The SMILES string of the molecule is O=[P+]([O-])[C@]1(O)[C@H](O)[C@H](O)[C@@H](O)[C@@]2(O)O[C@]12O. The lowest BCUT2D eigenvalue weighted by Gasteiger charge is -2.37. The van der Waals surface area contributed by atoms with Gasteiger partial charge in [-0.1, -0.05) is 4.57 Å². The first-order chi connectivity index (χ1) is 7.13. The van der Waals surface area contributed by atoms with Gasteiger partial charge in [0.15, 0.2) is 6.10 Å². The van der Waals surface area contributed by atoms with Gasteiger partial charge in [-0.05, 0) is 0 Å². The van der Waals surface area contributed by atoms with E-state index in [0.717, 1.165) is 0 Å². The molecule has 0 amide bonds. The maximum absolute atomic E-state index is 10.8. The molecular formula is C6H9O9P. The number of fused-ring (bicyclic) bond motifs is 1. The van der Waals surface area contributed by atoms with Gasteiger partial charge < -0.3 is 35.5 Å². The van der Waals surface area contributed by atoms with Crippen molar-refractivity contribution in [3.63, 3.8) is 0 Å². The Morgan fingerprint density at radius 3 is 2.06 bits per heavy atom. The van der Waals surface area contributed by atoms with Crippen LogP contribution >= 0.6 is 8.03 Å². The third-order valence-corrected chi connectivity index (χ3v) is 4.11. The third kappa shape index (κ3) is 0.986. The van der Waals surface area contributed by atoms with E-state index in [0.29, 0.717) is 0 Å². The maximum Gasteiger partial charge on any atom is 0.353 e. The van der Waals surface area contributed by atoms with Gasteiger partial charge in [-0.25, -0.2) is 0 Å². The Labute approximate surface area is 89.0 Å². The molecule has 1 heterocycles. The zero-order valence-corrected chi connectivity index (χ0v) is 8.48. The van der Waals surface area contributed by atoms with Crippen LogP contribution in [-0.2, 0) is 9.30 Å². The lowest BCUT2D eigenvalue weighted by molar-refractivity contribution is -0.261. The van der Waals surface area contributed by atoms with E-state index >= 15 is 0 Å². The molecule has 2 fully saturated rings. The summed E-state index contributed by atoms with van der Waals surface area (Å²) in [7, 11) is -3.86. The molecule has 6 N–H and O–H groups in total. The molecule has 0 radical (unpaired) electrons. The molecule has 7 atom stereocenters. The molecule has 1 unspecified atom stereocenters. The molecule has 2 aliphatic rings. The lowest BCUT2D eigenvalue weighted by Crippen LogP contribution is -2.69. The number of epoxide rings is 1. The van der Waals surface area contributed by atoms with Crippen molar-refractivity contribution in [2.75, 3.05) is 0 Å². The van der Waals surface area contributed by atoms with Crippen LogP contribution in [0.1, 0.15) is 0 Å². The number of hydrogen-bond acceptors (Lipinski definition) is 9. The second kappa shape index (κ2) is 2.96. The van der Waals surface area contributed by atoms with Gasteiger partial charge >= 0.3 is 19.2 Å². The fraction of sp³-hybridized carbons (Fsp3) is 1.00. The first-order valence-corrected chi connectivity index (χ1v) is 5.36. The summed E-state index contributed by atoms with van der Waals surface area (Å²) < 4.78 is 15.0. The predicted octanol–water partition coefficient (Wildman–Crippen LogP) is -4.72. The summed E-state index contributed by atoms with van der Waals surface area (Å²) in [5.41, 5.74) is 0. The fourth-order valence-corrected chi connectivity index (χ4v) is 2.70.